The van der Waals surface area contributed by atoms with Crippen LogP contribution in [-0.2, 0) is 12.8 Å². The smallest absolute Gasteiger partial charge is 0.182 e. The second-order valence-electron chi connectivity index (χ2n) is 4.14. The quantitative estimate of drug-likeness (QED) is 0.827. The zero-order valence-electron chi connectivity index (χ0n) is 12.0. The molecule has 108 valence electrons. The van der Waals surface area contributed by atoms with Crippen molar-refractivity contribution >= 4 is 27.8 Å². The minimum atomic E-state index is 0. The molecule has 2 aromatic heterocycles. The van der Waals surface area contributed by atoms with Gasteiger partial charge < -0.3 is 5.32 Å². The van der Waals surface area contributed by atoms with Crippen molar-refractivity contribution in [3.05, 3.63) is 27.7 Å². The fourth-order valence-corrected chi connectivity index (χ4v) is 3.04. The van der Waals surface area contributed by atoms with Crippen molar-refractivity contribution in [1.29, 1.82) is 0 Å². The van der Waals surface area contributed by atoms with Crippen LogP contribution in [0.1, 0.15) is 45.6 Å². The summed E-state index contributed by atoms with van der Waals surface area (Å²) < 4.78 is 0. The maximum Gasteiger partial charge on any atom is 0.182 e. The molecule has 0 fully saturated rings. The molecule has 0 spiro atoms. The van der Waals surface area contributed by atoms with Gasteiger partial charge in [-0.3, -0.25) is 4.98 Å². The van der Waals surface area contributed by atoms with Crippen LogP contribution in [-0.4, -0.2) is 16.5 Å². The molecule has 0 aliphatic carbocycles. The van der Waals surface area contributed by atoms with Crippen LogP contribution in [0.15, 0.2) is 17.1 Å². The third-order valence-corrected chi connectivity index (χ3v) is 4.05. The van der Waals surface area contributed by atoms with Crippen LogP contribution >= 0.6 is 22.7 Å². The Bertz CT molecular complexity index is 409. The fourth-order valence-electron chi connectivity index (χ4n) is 1.52. The normalized spacial score (nSPS) is 9.84. The van der Waals surface area contributed by atoms with Crippen molar-refractivity contribution in [2.24, 2.45) is 0 Å². The van der Waals surface area contributed by atoms with Gasteiger partial charge >= 0.3 is 0 Å². The number of hydrogen-bond donors (Lipinski definition) is 1. The number of aromatic nitrogens is 2. The van der Waals surface area contributed by atoms with Crippen LogP contribution in [0.3, 0.4) is 0 Å². The average Bonchev–Trinajstić information content (AvgIpc) is 3.04. The first kappa shape index (κ1) is 16.1. The third-order valence-electron chi connectivity index (χ3n) is 2.37. The molecule has 2 aromatic rings. The van der Waals surface area contributed by atoms with Crippen molar-refractivity contribution in [2.75, 3.05) is 11.9 Å². The van der Waals surface area contributed by atoms with E-state index in [4.69, 9.17) is 0 Å². The van der Waals surface area contributed by atoms with Gasteiger partial charge in [0.1, 0.15) is 0 Å². The number of thiazole rings is 2. The molecule has 5 heteroatoms. The van der Waals surface area contributed by atoms with E-state index >= 15 is 0 Å². The molecule has 1 N–H and O–H groups in total. The lowest BCUT2D eigenvalue weighted by molar-refractivity contribution is 0.892. The van der Waals surface area contributed by atoms with Crippen molar-refractivity contribution in [3.8, 4) is 0 Å². The van der Waals surface area contributed by atoms with Crippen LogP contribution < -0.4 is 5.32 Å². The van der Waals surface area contributed by atoms with Crippen LogP contribution in [0.5, 0.6) is 0 Å². The van der Waals surface area contributed by atoms with E-state index in [1.165, 1.54) is 29.8 Å². The minimum absolute atomic E-state index is 0. The molecular formula is C14H25N3S2. The molecule has 0 bridgehead atoms. The molecular weight excluding hydrogens is 274 g/mol. The van der Waals surface area contributed by atoms with Gasteiger partial charge in [0.2, 0.25) is 0 Å². The molecule has 0 amide bonds. The standard InChI is InChI=1S/C8H14N2S.C6H9NS.H2/c1-3-5-7-6-11-8(10-7)9-4-2;1-2-3-6-4-7-5-8-6;/h6H,3-5H2,1-2H3,(H,9,10);4-5H,2-3H2,1H3;1H. The van der Waals surface area contributed by atoms with Gasteiger partial charge in [0.05, 0.1) is 11.2 Å². The highest BCUT2D eigenvalue weighted by Gasteiger charge is 1.97. The molecule has 0 atom stereocenters. The van der Waals surface area contributed by atoms with Gasteiger partial charge in [0.25, 0.3) is 0 Å². The lowest BCUT2D eigenvalue weighted by atomic mass is 10.3. The summed E-state index contributed by atoms with van der Waals surface area (Å²) in [5.41, 5.74) is 3.10. The van der Waals surface area contributed by atoms with E-state index in [0.717, 1.165) is 18.1 Å². The number of hydrogen-bond acceptors (Lipinski definition) is 5. The van der Waals surface area contributed by atoms with E-state index in [9.17, 15) is 0 Å². The van der Waals surface area contributed by atoms with Gasteiger partial charge in [-0.15, -0.1) is 22.7 Å². The molecule has 0 saturated heterocycles. The summed E-state index contributed by atoms with van der Waals surface area (Å²) >= 11 is 3.43. The Kier molecular flexibility index (Phi) is 8.41. The molecule has 0 unspecified atom stereocenters. The summed E-state index contributed by atoms with van der Waals surface area (Å²) in [4.78, 5) is 9.75. The van der Waals surface area contributed by atoms with E-state index < -0.39 is 0 Å². The number of nitrogens with one attached hydrogen (secondary N) is 1. The number of anilines is 1. The van der Waals surface area contributed by atoms with Crippen LogP contribution in [0, 0.1) is 0 Å². The number of rotatable bonds is 6. The van der Waals surface area contributed by atoms with Gasteiger partial charge in [-0.1, -0.05) is 26.7 Å². The maximum atomic E-state index is 4.40. The van der Waals surface area contributed by atoms with Crippen molar-refractivity contribution in [3.63, 3.8) is 0 Å². The highest BCUT2D eigenvalue weighted by molar-refractivity contribution is 7.13. The van der Waals surface area contributed by atoms with Crippen LogP contribution in [0.4, 0.5) is 5.13 Å². The Morgan fingerprint density at radius 3 is 2.53 bits per heavy atom. The van der Waals surface area contributed by atoms with Gasteiger partial charge in [0, 0.05) is 24.4 Å². The van der Waals surface area contributed by atoms with E-state index in [1.54, 1.807) is 22.7 Å². The Labute approximate surface area is 125 Å². The largest absolute Gasteiger partial charge is 0.362 e. The minimum Gasteiger partial charge on any atom is -0.362 e. The average molecular weight is 300 g/mol. The van der Waals surface area contributed by atoms with E-state index in [0.29, 0.717) is 0 Å². The Morgan fingerprint density at radius 2 is 1.95 bits per heavy atom. The predicted molar refractivity (Wildman–Crippen MR) is 88.5 cm³/mol. The van der Waals surface area contributed by atoms with E-state index in [1.807, 2.05) is 11.7 Å². The molecule has 0 aliphatic heterocycles. The molecule has 0 aliphatic rings. The zero-order valence-corrected chi connectivity index (χ0v) is 13.6. The Hall–Kier alpha value is -0.940. The topological polar surface area (TPSA) is 37.8 Å². The summed E-state index contributed by atoms with van der Waals surface area (Å²) in [6.07, 6.45) is 6.62. The first-order valence-electron chi connectivity index (χ1n) is 6.85. The summed E-state index contributed by atoms with van der Waals surface area (Å²) in [6, 6.07) is 0. The van der Waals surface area contributed by atoms with Crippen molar-refractivity contribution in [2.45, 2.75) is 46.5 Å². The van der Waals surface area contributed by atoms with E-state index in [2.05, 4.69) is 41.4 Å². The lowest BCUT2D eigenvalue weighted by Crippen LogP contribution is -1.95. The number of nitrogens with zero attached hydrogens (tertiary/aromatic N) is 2. The van der Waals surface area contributed by atoms with Crippen molar-refractivity contribution < 1.29 is 1.43 Å². The van der Waals surface area contributed by atoms with Crippen LogP contribution in [0.2, 0.25) is 0 Å². The first-order chi connectivity index (χ1) is 9.30. The molecule has 0 radical (unpaired) electrons. The van der Waals surface area contributed by atoms with Gasteiger partial charge in [-0.25, -0.2) is 4.98 Å². The zero-order chi connectivity index (χ0) is 13.9. The molecule has 0 aromatic carbocycles. The predicted octanol–water partition coefficient (Wildman–Crippen LogP) is 4.87. The summed E-state index contributed by atoms with van der Waals surface area (Å²) in [5, 5.41) is 6.37. The van der Waals surface area contributed by atoms with Gasteiger partial charge in [0.15, 0.2) is 5.13 Å². The molecule has 2 heterocycles. The monoisotopic (exact) mass is 299 g/mol. The van der Waals surface area contributed by atoms with E-state index in [-0.39, 0.29) is 1.43 Å². The third kappa shape index (κ3) is 6.68. The summed E-state index contributed by atoms with van der Waals surface area (Å²) in [5.74, 6) is 0. The highest BCUT2D eigenvalue weighted by atomic mass is 32.1. The fraction of sp³-hybridized carbons (Fsp3) is 0.571. The molecule has 3 nitrogen and oxygen atoms in total. The van der Waals surface area contributed by atoms with Crippen molar-refractivity contribution in [1.82, 2.24) is 9.97 Å². The summed E-state index contributed by atoms with van der Waals surface area (Å²) in [6.45, 7) is 7.39. The molecule has 2 rings (SSSR count). The molecule has 0 saturated carbocycles. The second kappa shape index (κ2) is 9.92. The second-order valence-corrected chi connectivity index (χ2v) is 5.97. The van der Waals surface area contributed by atoms with Gasteiger partial charge in [-0.05, 0) is 19.8 Å². The molecule has 19 heavy (non-hydrogen) atoms. The highest BCUT2D eigenvalue weighted by Crippen LogP contribution is 2.15. The van der Waals surface area contributed by atoms with Crippen LogP contribution in [0.25, 0.3) is 0 Å². The Balaban J connectivity index is 0.000000359. The summed E-state index contributed by atoms with van der Waals surface area (Å²) in [7, 11) is 0. The number of aryl methyl sites for hydroxylation is 2. The first-order valence-corrected chi connectivity index (χ1v) is 8.61. The van der Waals surface area contributed by atoms with Gasteiger partial charge in [-0.2, -0.15) is 0 Å². The SMILES string of the molecule is CCCc1cncs1.CCCc1csc(NCC)n1.[HH]. The lowest BCUT2D eigenvalue weighted by Gasteiger charge is -1.93. The maximum absolute atomic E-state index is 4.40. The Morgan fingerprint density at radius 1 is 1.16 bits per heavy atom.